The molecule has 1 aromatic heterocycles. The molecule has 0 atom stereocenters. The van der Waals surface area contributed by atoms with Gasteiger partial charge in [0, 0.05) is 12.4 Å². The first kappa shape index (κ1) is 11.2. The van der Waals surface area contributed by atoms with E-state index in [0.717, 1.165) is 5.92 Å². The molecule has 1 saturated carbocycles. The molecule has 17 heavy (non-hydrogen) atoms. The van der Waals surface area contributed by atoms with Crippen LogP contribution in [0.5, 0.6) is 0 Å². The van der Waals surface area contributed by atoms with Crippen LogP contribution >= 0.6 is 0 Å². The van der Waals surface area contributed by atoms with E-state index < -0.39 is 0 Å². The van der Waals surface area contributed by atoms with Gasteiger partial charge in [0.1, 0.15) is 0 Å². The maximum atomic E-state index is 4.18. The minimum atomic E-state index is 0.477. The minimum absolute atomic E-state index is 0.477. The number of hydrogen-bond donors (Lipinski definition) is 1. The van der Waals surface area contributed by atoms with Gasteiger partial charge in [-0.15, -0.1) is 0 Å². The Labute approximate surface area is 104 Å². The summed E-state index contributed by atoms with van der Waals surface area (Å²) in [5, 5.41) is 3.49. The third-order valence-electron chi connectivity index (χ3n) is 4.87. The molecule has 0 bridgehead atoms. The van der Waals surface area contributed by atoms with Gasteiger partial charge >= 0.3 is 0 Å². The summed E-state index contributed by atoms with van der Waals surface area (Å²) < 4.78 is 0. The van der Waals surface area contributed by atoms with Crippen molar-refractivity contribution in [1.82, 2.24) is 10.3 Å². The van der Waals surface area contributed by atoms with Gasteiger partial charge in [-0.3, -0.25) is 4.98 Å². The molecule has 2 heteroatoms. The van der Waals surface area contributed by atoms with Crippen LogP contribution in [0, 0.1) is 5.92 Å². The molecule has 0 radical (unpaired) electrons. The zero-order chi connectivity index (χ0) is 11.6. The van der Waals surface area contributed by atoms with Crippen molar-refractivity contribution >= 4 is 0 Å². The number of nitrogens with zero attached hydrogens (tertiary/aromatic N) is 1. The summed E-state index contributed by atoms with van der Waals surface area (Å²) in [7, 11) is 0. The fraction of sp³-hybridized carbons (Fsp3) is 0.667. The van der Waals surface area contributed by atoms with Crippen molar-refractivity contribution in [2.75, 3.05) is 13.1 Å². The lowest BCUT2D eigenvalue weighted by Gasteiger charge is -2.40. The Morgan fingerprint density at radius 3 is 2.35 bits per heavy atom. The van der Waals surface area contributed by atoms with Gasteiger partial charge in [-0.05, 0) is 67.8 Å². The van der Waals surface area contributed by atoms with Crippen molar-refractivity contribution in [2.45, 2.75) is 43.9 Å². The van der Waals surface area contributed by atoms with Crippen molar-refractivity contribution in [3.05, 3.63) is 30.1 Å². The number of hydrogen-bond acceptors (Lipinski definition) is 2. The van der Waals surface area contributed by atoms with Gasteiger partial charge in [0.05, 0.1) is 0 Å². The Hall–Kier alpha value is -0.890. The largest absolute Gasteiger partial charge is 0.317 e. The molecule has 0 aromatic carbocycles. The zero-order valence-electron chi connectivity index (χ0n) is 10.5. The summed E-state index contributed by atoms with van der Waals surface area (Å²) in [4.78, 5) is 4.18. The molecule has 0 amide bonds. The van der Waals surface area contributed by atoms with Crippen LogP contribution in [0.15, 0.2) is 24.5 Å². The van der Waals surface area contributed by atoms with Crippen molar-refractivity contribution in [3.8, 4) is 0 Å². The molecule has 92 valence electrons. The number of piperidine rings is 1. The third-order valence-corrected chi connectivity index (χ3v) is 4.87. The molecule has 0 unspecified atom stereocenters. The van der Waals surface area contributed by atoms with Crippen molar-refractivity contribution in [3.63, 3.8) is 0 Å². The lowest BCUT2D eigenvalue weighted by molar-refractivity contribution is 0.214. The average Bonchev–Trinajstić information content (AvgIpc) is 2.91. The lowest BCUT2D eigenvalue weighted by Crippen LogP contribution is -2.40. The molecule has 1 saturated heterocycles. The first-order chi connectivity index (χ1) is 8.42. The first-order valence-corrected chi connectivity index (χ1v) is 7.03. The van der Waals surface area contributed by atoms with E-state index in [2.05, 4.69) is 22.4 Å². The fourth-order valence-corrected chi connectivity index (χ4v) is 4.00. The number of rotatable bonds is 2. The van der Waals surface area contributed by atoms with E-state index in [1.54, 1.807) is 5.56 Å². The highest BCUT2D eigenvalue weighted by Gasteiger charge is 2.42. The van der Waals surface area contributed by atoms with Crippen molar-refractivity contribution in [1.29, 1.82) is 0 Å². The van der Waals surface area contributed by atoms with Crippen LogP contribution < -0.4 is 5.32 Å². The van der Waals surface area contributed by atoms with Gasteiger partial charge in [0.15, 0.2) is 0 Å². The zero-order valence-corrected chi connectivity index (χ0v) is 10.5. The van der Waals surface area contributed by atoms with E-state index >= 15 is 0 Å². The lowest BCUT2D eigenvalue weighted by atomic mass is 9.66. The van der Waals surface area contributed by atoms with Crippen LogP contribution in [-0.4, -0.2) is 18.1 Å². The molecule has 1 aliphatic carbocycles. The highest BCUT2D eigenvalue weighted by Crippen LogP contribution is 2.49. The topological polar surface area (TPSA) is 24.9 Å². The Bertz CT molecular complexity index is 348. The molecular formula is C15H22N2. The van der Waals surface area contributed by atoms with Crippen LogP contribution in [0.25, 0.3) is 0 Å². The van der Waals surface area contributed by atoms with Gasteiger partial charge in [-0.2, -0.15) is 0 Å². The summed E-state index contributed by atoms with van der Waals surface area (Å²) in [6.45, 7) is 2.41. The number of pyridine rings is 1. The highest BCUT2D eigenvalue weighted by atomic mass is 14.9. The van der Waals surface area contributed by atoms with Gasteiger partial charge in [-0.25, -0.2) is 0 Å². The Morgan fingerprint density at radius 2 is 1.71 bits per heavy atom. The monoisotopic (exact) mass is 230 g/mol. The van der Waals surface area contributed by atoms with E-state index in [1.165, 1.54) is 51.6 Å². The van der Waals surface area contributed by atoms with Gasteiger partial charge < -0.3 is 5.32 Å². The Balaban J connectivity index is 1.92. The van der Waals surface area contributed by atoms with Crippen LogP contribution in [0.3, 0.4) is 0 Å². The summed E-state index contributed by atoms with van der Waals surface area (Å²) >= 11 is 0. The standard InChI is InChI=1S/C15H22N2/c1-2-8-15(7-1,13-3-9-16-10-4-13)14-5-11-17-12-6-14/h3-4,9-10,14,17H,1-2,5-8,11-12H2. The Kier molecular flexibility index (Phi) is 3.15. The molecule has 2 nitrogen and oxygen atoms in total. The van der Waals surface area contributed by atoms with Crippen LogP contribution in [0.4, 0.5) is 0 Å². The maximum absolute atomic E-state index is 4.18. The summed E-state index contributed by atoms with van der Waals surface area (Å²) in [6.07, 6.45) is 12.2. The van der Waals surface area contributed by atoms with Gasteiger partial charge in [0.25, 0.3) is 0 Å². The van der Waals surface area contributed by atoms with Crippen molar-refractivity contribution in [2.24, 2.45) is 5.92 Å². The van der Waals surface area contributed by atoms with E-state index in [-0.39, 0.29) is 0 Å². The first-order valence-electron chi connectivity index (χ1n) is 7.03. The Morgan fingerprint density at radius 1 is 1.06 bits per heavy atom. The summed E-state index contributed by atoms with van der Waals surface area (Å²) in [5.41, 5.74) is 2.03. The molecule has 1 aromatic rings. The molecule has 2 heterocycles. The van der Waals surface area contributed by atoms with Crippen LogP contribution in [-0.2, 0) is 5.41 Å². The molecule has 1 aliphatic heterocycles. The molecule has 3 rings (SSSR count). The van der Waals surface area contributed by atoms with Crippen molar-refractivity contribution < 1.29 is 0 Å². The summed E-state index contributed by atoms with van der Waals surface area (Å²) in [6, 6.07) is 4.51. The van der Waals surface area contributed by atoms with Gasteiger partial charge in [-0.1, -0.05) is 12.8 Å². The third kappa shape index (κ3) is 1.99. The number of aromatic nitrogens is 1. The molecule has 2 aliphatic rings. The van der Waals surface area contributed by atoms with Crippen LogP contribution in [0.2, 0.25) is 0 Å². The highest BCUT2D eigenvalue weighted by molar-refractivity contribution is 5.26. The summed E-state index contributed by atoms with van der Waals surface area (Å²) in [5.74, 6) is 0.883. The minimum Gasteiger partial charge on any atom is -0.317 e. The molecule has 2 fully saturated rings. The molecule has 1 N–H and O–H groups in total. The normalized spacial score (nSPS) is 24.9. The average molecular weight is 230 g/mol. The van der Waals surface area contributed by atoms with Crippen LogP contribution in [0.1, 0.15) is 44.1 Å². The van der Waals surface area contributed by atoms with E-state index in [4.69, 9.17) is 0 Å². The predicted molar refractivity (Wildman–Crippen MR) is 70.0 cm³/mol. The molecule has 0 spiro atoms. The SMILES string of the molecule is c1cc(C2(C3CCNCC3)CCCC2)ccn1. The predicted octanol–water partition coefficient (Wildman–Crippen LogP) is 2.89. The van der Waals surface area contributed by atoms with E-state index in [9.17, 15) is 0 Å². The number of nitrogens with one attached hydrogen (secondary N) is 1. The quantitative estimate of drug-likeness (QED) is 0.845. The second kappa shape index (κ2) is 4.77. The van der Waals surface area contributed by atoms with E-state index in [0.29, 0.717) is 5.41 Å². The smallest absolute Gasteiger partial charge is 0.0270 e. The van der Waals surface area contributed by atoms with Gasteiger partial charge in [0.2, 0.25) is 0 Å². The van der Waals surface area contributed by atoms with E-state index in [1.807, 2.05) is 12.4 Å². The second-order valence-electron chi connectivity index (χ2n) is 5.62. The second-order valence-corrected chi connectivity index (χ2v) is 5.62. The molecular weight excluding hydrogens is 208 g/mol. The fourth-order valence-electron chi connectivity index (χ4n) is 4.00. The maximum Gasteiger partial charge on any atom is 0.0270 e.